The number of rotatable bonds is 6. The highest BCUT2D eigenvalue weighted by Crippen LogP contribution is 2.26. The van der Waals surface area contributed by atoms with Crippen molar-refractivity contribution in [3.8, 4) is 11.4 Å². The van der Waals surface area contributed by atoms with E-state index >= 15 is 0 Å². The lowest BCUT2D eigenvalue weighted by Crippen LogP contribution is -2.27. The highest BCUT2D eigenvalue weighted by Gasteiger charge is 2.12. The van der Waals surface area contributed by atoms with Crippen molar-refractivity contribution in [3.05, 3.63) is 67.0 Å². The molecule has 0 bridgehead atoms. The second-order valence-electron chi connectivity index (χ2n) is 7.79. The molecule has 32 heavy (non-hydrogen) atoms. The summed E-state index contributed by atoms with van der Waals surface area (Å²) in [5.74, 6) is 1.15. The second kappa shape index (κ2) is 8.12. The van der Waals surface area contributed by atoms with E-state index < -0.39 is 0 Å². The molecule has 160 valence electrons. The zero-order valence-electron chi connectivity index (χ0n) is 17.7. The smallest absolute Gasteiger partial charge is 0.238 e. The van der Waals surface area contributed by atoms with Crippen LogP contribution in [0.25, 0.3) is 27.8 Å². The minimum absolute atomic E-state index is 0.0778. The minimum atomic E-state index is -0.0778. The SMILES string of the molecule is CN(C)CC(=O)Nc1cccc(-c2nc(Nc3ccc4[nH]ncc4c3)c3cccn3n2)c1. The third kappa shape index (κ3) is 4.01. The molecule has 3 N–H and O–H groups in total. The minimum Gasteiger partial charge on any atom is -0.338 e. The van der Waals surface area contributed by atoms with E-state index in [1.807, 2.05) is 79.8 Å². The summed E-state index contributed by atoms with van der Waals surface area (Å²) in [7, 11) is 3.71. The molecule has 3 aromatic heterocycles. The number of anilines is 3. The van der Waals surface area contributed by atoms with Crippen molar-refractivity contribution in [2.75, 3.05) is 31.3 Å². The zero-order chi connectivity index (χ0) is 22.1. The molecule has 5 aromatic rings. The van der Waals surface area contributed by atoms with Crippen LogP contribution < -0.4 is 10.6 Å². The number of carbonyl (C=O) groups is 1. The normalized spacial score (nSPS) is 11.3. The van der Waals surface area contributed by atoms with E-state index in [0.717, 1.165) is 27.7 Å². The van der Waals surface area contributed by atoms with Crippen molar-refractivity contribution < 1.29 is 4.79 Å². The highest BCUT2D eigenvalue weighted by molar-refractivity contribution is 5.92. The number of fused-ring (bicyclic) bond motifs is 2. The fourth-order valence-electron chi connectivity index (χ4n) is 3.53. The lowest BCUT2D eigenvalue weighted by Gasteiger charge is -2.12. The molecule has 0 saturated heterocycles. The first-order valence-corrected chi connectivity index (χ1v) is 10.2. The number of aromatic amines is 1. The summed E-state index contributed by atoms with van der Waals surface area (Å²) < 4.78 is 1.79. The zero-order valence-corrected chi connectivity index (χ0v) is 17.7. The molecular weight excluding hydrogens is 404 g/mol. The summed E-state index contributed by atoms with van der Waals surface area (Å²) in [6, 6.07) is 17.4. The average Bonchev–Trinajstić information content (AvgIpc) is 3.42. The molecule has 2 aromatic carbocycles. The lowest BCUT2D eigenvalue weighted by molar-refractivity contribution is -0.116. The van der Waals surface area contributed by atoms with Gasteiger partial charge in [0, 0.05) is 28.5 Å². The number of carbonyl (C=O) groups excluding carboxylic acids is 1. The van der Waals surface area contributed by atoms with Gasteiger partial charge in [0.25, 0.3) is 0 Å². The van der Waals surface area contributed by atoms with Crippen LogP contribution in [0.4, 0.5) is 17.2 Å². The molecule has 5 rings (SSSR count). The first-order valence-electron chi connectivity index (χ1n) is 10.2. The van der Waals surface area contributed by atoms with Crippen LogP contribution in [0.3, 0.4) is 0 Å². The molecule has 0 saturated carbocycles. The fraction of sp³-hybridized carbons (Fsp3) is 0.130. The van der Waals surface area contributed by atoms with Gasteiger partial charge >= 0.3 is 0 Å². The maximum Gasteiger partial charge on any atom is 0.238 e. The van der Waals surface area contributed by atoms with Gasteiger partial charge in [0.1, 0.15) is 5.52 Å². The van der Waals surface area contributed by atoms with Crippen LogP contribution in [0.1, 0.15) is 0 Å². The van der Waals surface area contributed by atoms with E-state index in [9.17, 15) is 4.79 Å². The first-order chi connectivity index (χ1) is 15.5. The van der Waals surface area contributed by atoms with E-state index in [1.54, 1.807) is 10.7 Å². The molecule has 0 atom stereocenters. The van der Waals surface area contributed by atoms with Crippen molar-refractivity contribution in [2.24, 2.45) is 0 Å². The Kier molecular flexibility index (Phi) is 5.00. The molecule has 0 unspecified atom stereocenters. The highest BCUT2D eigenvalue weighted by atomic mass is 16.2. The largest absolute Gasteiger partial charge is 0.338 e. The Morgan fingerprint density at radius 1 is 1.09 bits per heavy atom. The van der Waals surface area contributed by atoms with Crippen molar-refractivity contribution >= 4 is 39.5 Å². The molecule has 0 aliphatic heterocycles. The number of aromatic nitrogens is 5. The van der Waals surface area contributed by atoms with Gasteiger partial charge in [-0.15, -0.1) is 5.10 Å². The third-order valence-electron chi connectivity index (χ3n) is 4.96. The van der Waals surface area contributed by atoms with Crippen molar-refractivity contribution in [2.45, 2.75) is 0 Å². The van der Waals surface area contributed by atoms with Crippen LogP contribution in [0.15, 0.2) is 67.0 Å². The third-order valence-corrected chi connectivity index (χ3v) is 4.96. The molecular formula is C23H22N8O. The monoisotopic (exact) mass is 426 g/mol. The van der Waals surface area contributed by atoms with Crippen LogP contribution in [-0.4, -0.2) is 56.2 Å². The van der Waals surface area contributed by atoms with Crippen molar-refractivity contribution in [1.82, 2.24) is 29.7 Å². The number of nitrogens with one attached hydrogen (secondary N) is 3. The van der Waals surface area contributed by atoms with E-state index in [-0.39, 0.29) is 5.91 Å². The molecule has 9 nitrogen and oxygen atoms in total. The first kappa shape index (κ1) is 19.7. The maximum absolute atomic E-state index is 12.1. The predicted octanol–water partition coefficient (Wildman–Crippen LogP) is 3.52. The molecule has 0 spiro atoms. The van der Waals surface area contributed by atoms with Gasteiger partial charge in [0.05, 0.1) is 18.3 Å². The van der Waals surface area contributed by atoms with Gasteiger partial charge < -0.3 is 15.5 Å². The number of amides is 1. The summed E-state index contributed by atoms with van der Waals surface area (Å²) in [5, 5.41) is 19.0. The fourth-order valence-corrected chi connectivity index (χ4v) is 3.53. The van der Waals surface area contributed by atoms with Gasteiger partial charge in [0.2, 0.25) is 5.91 Å². The maximum atomic E-state index is 12.1. The van der Waals surface area contributed by atoms with Gasteiger partial charge in [-0.3, -0.25) is 9.89 Å². The van der Waals surface area contributed by atoms with Gasteiger partial charge in [-0.05, 0) is 56.6 Å². The summed E-state index contributed by atoms with van der Waals surface area (Å²) in [6.45, 7) is 0.311. The molecule has 0 radical (unpaired) electrons. The predicted molar refractivity (Wildman–Crippen MR) is 125 cm³/mol. The molecule has 3 heterocycles. The average molecular weight is 426 g/mol. The molecule has 0 fully saturated rings. The van der Waals surface area contributed by atoms with Crippen LogP contribution in [0, 0.1) is 0 Å². The Bertz CT molecular complexity index is 1420. The van der Waals surface area contributed by atoms with Crippen LogP contribution in [0.5, 0.6) is 0 Å². The van der Waals surface area contributed by atoms with Crippen LogP contribution >= 0.6 is 0 Å². The summed E-state index contributed by atoms with van der Waals surface area (Å²) in [6.07, 6.45) is 3.67. The van der Waals surface area contributed by atoms with Gasteiger partial charge in [-0.2, -0.15) is 5.10 Å². The summed E-state index contributed by atoms with van der Waals surface area (Å²) >= 11 is 0. The number of hydrogen-bond donors (Lipinski definition) is 3. The van der Waals surface area contributed by atoms with Crippen molar-refractivity contribution in [3.63, 3.8) is 0 Å². The quantitative estimate of drug-likeness (QED) is 0.384. The Labute approximate surface area is 184 Å². The molecule has 9 heteroatoms. The Morgan fingerprint density at radius 3 is 2.88 bits per heavy atom. The Hall–Kier alpha value is -4.24. The Balaban J connectivity index is 1.49. The Morgan fingerprint density at radius 2 is 2.00 bits per heavy atom. The number of nitrogens with zero attached hydrogens (tertiary/aromatic N) is 5. The van der Waals surface area contributed by atoms with E-state index in [1.165, 1.54) is 0 Å². The van der Waals surface area contributed by atoms with Crippen molar-refractivity contribution in [1.29, 1.82) is 0 Å². The summed E-state index contributed by atoms with van der Waals surface area (Å²) in [5.41, 5.74) is 4.23. The topological polar surface area (TPSA) is 103 Å². The van der Waals surface area contributed by atoms with E-state index in [2.05, 4.69) is 25.9 Å². The number of likely N-dealkylation sites (N-methyl/N-ethyl adjacent to an activating group) is 1. The van der Waals surface area contributed by atoms with E-state index in [0.29, 0.717) is 23.9 Å². The standard InChI is InChI=1S/C23H22N8O/c1-30(2)14-21(32)25-17-6-3-5-15(11-17)22-27-23(20-7-4-10-31(20)29-22)26-18-8-9-19-16(12-18)13-24-28-19/h3-13H,14H2,1-2H3,(H,24,28)(H,25,32)(H,26,27,29). The van der Waals surface area contributed by atoms with Crippen LogP contribution in [-0.2, 0) is 4.79 Å². The molecule has 1 amide bonds. The number of H-pyrrole nitrogens is 1. The molecule has 0 aliphatic rings. The van der Waals surface area contributed by atoms with Gasteiger partial charge in [-0.25, -0.2) is 9.50 Å². The second-order valence-corrected chi connectivity index (χ2v) is 7.79. The lowest BCUT2D eigenvalue weighted by atomic mass is 10.2. The molecule has 0 aliphatic carbocycles. The number of benzene rings is 2. The van der Waals surface area contributed by atoms with Gasteiger partial charge in [0.15, 0.2) is 11.6 Å². The summed E-state index contributed by atoms with van der Waals surface area (Å²) in [4.78, 5) is 18.7. The van der Waals surface area contributed by atoms with E-state index in [4.69, 9.17) is 4.98 Å². The van der Waals surface area contributed by atoms with Gasteiger partial charge in [-0.1, -0.05) is 12.1 Å². The number of hydrogen-bond acceptors (Lipinski definition) is 6. The van der Waals surface area contributed by atoms with Crippen LogP contribution in [0.2, 0.25) is 0 Å².